The van der Waals surface area contributed by atoms with E-state index in [9.17, 15) is 4.79 Å². The number of nitrogens with zero attached hydrogens (tertiary/aromatic N) is 2. The van der Waals surface area contributed by atoms with Gasteiger partial charge < -0.3 is 5.32 Å². The molecule has 0 spiro atoms. The zero-order valence-corrected chi connectivity index (χ0v) is 10.9. The van der Waals surface area contributed by atoms with Gasteiger partial charge in [0, 0.05) is 12.5 Å². The summed E-state index contributed by atoms with van der Waals surface area (Å²) in [6.07, 6.45) is 7.68. The summed E-state index contributed by atoms with van der Waals surface area (Å²) in [7, 11) is 0. The maximum Gasteiger partial charge on any atom is 0.290 e. The van der Waals surface area contributed by atoms with E-state index in [-0.39, 0.29) is 17.6 Å². The molecule has 0 aliphatic heterocycles. The number of rotatable bonds is 4. The second-order valence-electron chi connectivity index (χ2n) is 5.06. The normalized spacial score (nSPS) is 19.2. The third kappa shape index (κ3) is 3.18. The number of H-pyrrole nitrogens is 1. The predicted octanol–water partition coefficient (Wildman–Crippen LogP) is 2.01. The molecule has 1 aliphatic rings. The number of carbonyl (C=O) groups excluding carboxylic acids is 1. The highest BCUT2D eigenvalue weighted by Crippen LogP contribution is 2.17. The van der Waals surface area contributed by atoms with Gasteiger partial charge >= 0.3 is 0 Å². The molecule has 98 valence electrons. The zero-order chi connectivity index (χ0) is 13.0. The van der Waals surface area contributed by atoms with Crippen molar-refractivity contribution in [2.45, 2.75) is 39.0 Å². The summed E-state index contributed by atoms with van der Waals surface area (Å²) in [5.41, 5.74) is 0. The Kier molecular flexibility index (Phi) is 4.12. The molecule has 1 aromatic heterocycles. The molecule has 0 saturated heterocycles. The minimum atomic E-state index is -0.187. The molecule has 2 N–H and O–H groups in total. The summed E-state index contributed by atoms with van der Waals surface area (Å²) in [6, 6.07) is 0. The summed E-state index contributed by atoms with van der Waals surface area (Å²) < 4.78 is 0. The van der Waals surface area contributed by atoms with E-state index in [1.165, 1.54) is 0 Å². The van der Waals surface area contributed by atoms with Crippen LogP contribution in [-0.4, -0.2) is 27.6 Å². The van der Waals surface area contributed by atoms with E-state index < -0.39 is 0 Å². The number of amides is 1. The number of nitrogens with one attached hydrogen (secondary N) is 2. The van der Waals surface area contributed by atoms with Gasteiger partial charge in [-0.2, -0.15) is 0 Å². The van der Waals surface area contributed by atoms with Crippen LogP contribution in [0.15, 0.2) is 12.2 Å². The SMILES string of the molecule is CC(C)c1nc(C(=O)NCC2CC=CCC2)n[nH]1. The van der Waals surface area contributed by atoms with Crippen LogP contribution in [0.25, 0.3) is 0 Å². The average Bonchev–Trinajstić information content (AvgIpc) is 2.87. The first kappa shape index (κ1) is 12.8. The number of hydrogen-bond acceptors (Lipinski definition) is 3. The first-order valence-corrected chi connectivity index (χ1v) is 6.52. The van der Waals surface area contributed by atoms with E-state index in [2.05, 4.69) is 32.7 Å². The van der Waals surface area contributed by atoms with Crippen LogP contribution >= 0.6 is 0 Å². The van der Waals surface area contributed by atoms with Crippen LogP contribution in [0.5, 0.6) is 0 Å². The Balaban J connectivity index is 1.85. The van der Waals surface area contributed by atoms with Crippen molar-refractivity contribution in [3.8, 4) is 0 Å². The second-order valence-corrected chi connectivity index (χ2v) is 5.06. The van der Waals surface area contributed by atoms with Gasteiger partial charge in [0.15, 0.2) is 0 Å². The summed E-state index contributed by atoms with van der Waals surface area (Å²) in [5, 5.41) is 9.63. The molecule has 1 unspecified atom stereocenters. The largest absolute Gasteiger partial charge is 0.349 e. The Hall–Kier alpha value is -1.65. The summed E-state index contributed by atoms with van der Waals surface area (Å²) in [4.78, 5) is 16.0. The molecule has 1 aromatic rings. The first-order valence-electron chi connectivity index (χ1n) is 6.52. The molecule has 0 fully saturated rings. The molecule has 0 bridgehead atoms. The van der Waals surface area contributed by atoms with Gasteiger partial charge in [0.25, 0.3) is 5.91 Å². The van der Waals surface area contributed by atoms with Crippen LogP contribution in [-0.2, 0) is 0 Å². The third-order valence-electron chi connectivity index (χ3n) is 3.18. The van der Waals surface area contributed by atoms with Gasteiger partial charge in [-0.1, -0.05) is 26.0 Å². The van der Waals surface area contributed by atoms with Gasteiger partial charge in [-0.15, -0.1) is 5.10 Å². The van der Waals surface area contributed by atoms with Crippen LogP contribution < -0.4 is 5.32 Å². The summed E-state index contributed by atoms with van der Waals surface area (Å²) in [6.45, 7) is 4.72. The van der Waals surface area contributed by atoms with Crippen molar-refractivity contribution < 1.29 is 4.79 Å². The Bertz CT molecular complexity index is 436. The Morgan fingerprint density at radius 3 is 3.00 bits per heavy atom. The molecule has 1 aliphatic carbocycles. The molecular formula is C13H20N4O. The highest BCUT2D eigenvalue weighted by Gasteiger charge is 2.16. The lowest BCUT2D eigenvalue weighted by Gasteiger charge is -2.17. The van der Waals surface area contributed by atoms with Gasteiger partial charge in [0.05, 0.1) is 0 Å². The van der Waals surface area contributed by atoms with E-state index in [1.54, 1.807) is 0 Å². The standard InChI is InChI=1S/C13H20N4O/c1-9(2)11-15-12(17-16-11)13(18)14-8-10-6-4-3-5-7-10/h3-4,9-10H,5-8H2,1-2H3,(H,14,18)(H,15,16,17). The van der Waals surface area contributed by atoms with Gasteiger partial charge in [0.1, 0.15) is 5.82 Å². The van der Waals surface area contributed by atoms with Gasteiger partial charge in [-0.05, 0) is 25.2 Å². The van der Waals surface area contributed by atoms with Gasteiger partial charge in [-0.3, -0.25) is 9.89 Å². The maximum atomic E-state index is 11.8. The van der Waals surface area contributed by atoms with Crippen LogP contribution in [0.3, 0.4) is 0 Å². The van der Waals surface area contributed by atoms with Crippen LogP contribution in [0, 0.1) is 5.92 Å². The first-order chi connectivity index (χ1) is 8.66. The van der Waals surface area contributed by atoms with Crippen molar-refractivity contribution in [2.75, 3.05) is 6.54 Å². The molecule has 2 rings (SSSR count). The number of aromatic nitrogens is 3. The fourth-order valence-electron chi connectivity index (χ4n) is 1.99. The molecule has 18 heavy (non-hydrogen) atoms. The summed E-state index contributed by atoms with van der Waals surface area (Å²) in [5.74, 6) is 1.60. The molecule has 0 saturated carbocycles. The van der Waals surface area contributed by atoms with E-state index in [0.717, 1.165) is 25.1 Å². The Labute approximate surface area is 107 Å². The summed E-state index contributed by atoms with van der Waals surface area (Å²) >= 11 is 0. The van der Waals surface area contributed by atoms with E-state index >= 15 is 0 Å². The van der Waals surface area contributed by atoms with Crippen LogP contribution in [0.4, 0.5) is 0 Å². The quantitative estimate of drug-likeness (QED) is 0.801. The minimum absolute atomic E-state index is 0.187. The van der Waals surface area contributed by atoms with Crippen molar-refractivity contribution in [1.82, 2.24) is 20.5 Å². The van der Waals surface area contributed by atoms with Crippen molar-refractivity contribution in [2.24, 2.45) is 5.92 Å². The van der Waals surface area contributed by atoms with Crippen molar-refractivity contribution in [3.05, 3.63) is 23.8 Å². The molecule has 0 aromatic carbocycles. The van der Waals surface area contributed by atoms with Crippen LogP contribution in [0.2, 0.25) is 0 Å². The fourth-order valence-corrected chi connectivity index (χ4v) is 1.99. The average molecular weight is 248 g/mol. The Morgan fingerprint density at radius 1 is 1.56 bits per heavy atom. The molecule has 5 heteroatoms. The highest BCUT2D eigenvalue weighted by atomic mass is 16.2. The number of allylic oxidation sites excluding steroid dienone is 2. The van der Waals surface area contributed by atoms with E-state index in [0.29, 0.717) is 12.5 Å². The maximum absolute atomic E-state index is 11.8. The lowest BCUT2D eigenvalue weighted by molar-refractivity contribution is 0.0936. The van der Waals surface area contributed by atoms with Gasteiger partial charge in [0.2, 0.25) is 5.82 Å². The zero-order valence-electron chi connectivity index (χ0n) is 10.9. The predicted molar refractivity (Wildman–Crippen MR) is 69.3 cm³/mol. The van der Waals surface area contributed by atoms with E-state index in [1.807, 2.05) is 13.8 Å². The minimum Gasteiger partial charge on any atom is -0.349 e. The van der Waals surface area contributed by atoms with Crippen molar-refractivity contribution in [3.63, 3.8) is 0 Å². The topological polar surface area (TPSA) is 70.7 Å². The second kappa shape index (κ2) is 5.80. The van der Waals surface area contributed by atoms with Crippen molar-refractivity contribution in [1.29, 1.82) is 0 Å². The lowest BCUT2D eigenvalue weighted by atomic mass is 9.94. The molecular weight excluding hydrogens is 228 g/mol. The monoisotopic (exact) mass is 248 g/mol. The van der Waals surface area contributed by atoms with Crippen LogP contribution in [0.1, 0.15) is 55.5 Å². The smallest absolute Gasteiger partial charge is 0.290 e. The number of carbonyl (C=O) groups is 1. The van der Waals surface area contributed by atoms with Crippen molar-refractivity contribution >= 4 is 5.91 Å². The highest BCUT2D eigenvalue weighted by molar-refractivity contribution is 5.90. The fraction of sp³-hybridized carbons (Fsp3) is 0.615. The molecule has 1 heterocycles. The Morgan fingerprint density at radius 2 is 2.39 bits per heavy atom. The molecule has 1 amide bonds. The number of aromatic amines is 1. The lowest BCUT2D eigenvalue weighted by Crippen LogP contribution is -2.30. The van der Waals surface area contributed by atoms with Gasteiger partial charge in [-0.25, -0.2) is 4.98 Å². The molecule has 5 nitrogen and oxygen atoms in total. The number of hydrogen-bond donors (Lipinski definition) is 2. The van der Waals surface area contributed by atoms with E-state index in [4.69, 9.17) is 0 Å². The molecule has 0 radical (unpaired) electrons. The molecule has 1 atom stereocenters. The third-order valence-corrected chi connectivity index (χ3v) is 3.18.